The van der Waals surface area contributed by atoms with E-state index in [4.69, 9.17) is 21.1 Å². The summed E-state index contributed by atoms with van der Waals surface area (Å²) in [6.45, 7) is 2.12. The van der Waals surface area contributed by atoms with Gasteiger partial charge in [0, 0.05) is 18.1 Å². The van der Waals surface area contributed by atoms with E-state index >= 15 is 0 Å². The van der Waals surface area contributed by atoms with Crippen molar-refractivity contribution in [1.82, 2.24) is 0 Å². The van der Waals surface area contributed by atoms with Crippen molar-refractivity contribution in [1.29, 1.82) is 0 Å². The van der Waals surface area contributed by atoms with Crippen molar-refractivity contribution in [3.05, 3.63) is 88.4 Å². The quantitative estimate of drug-likeness (QED) is 0.458. The molecule has 3 aromatic carbocycles. The molecule has 0 saturated carbocycles. The van der Waals surface area contributed by atoms with Crippen molar-refractivity contribution in [2.24, 2.45) is 0 Å². The number of rotatable bonds is 6. The lowest BCUT2D eigenvalue weighted by atomic mass is 10.1. The van der Waals surface area contributed by atoms with Crippen molar-refractivity contribution in [3.63, 3.8) is 0 Å². The van der Waals surface area contributed by atoms with Crippen LogP contribution in [-0.2, 0) is 17.5 Å². The molecule has 1 aliphatic rings. The average Bonchev–Trinajstić information content (AvgIpc) is 2.84. The molecule has 0 aliphatic carbocycles. The minimum atomic E-state index is -4.54. The van der Waals surface area contributed by atoms with E-state index in [1.807, 2.05) is 17.0 Å². The summed E-state index contributed by atoms with van der Waals surface area (Å²) in [5, 5.41) is 3.26. The molecule has 0 radical (unpaired) electrons. The van der Waals surface area contributed by atoms with E-state index in [1.54, 1.807) is 36.4 Å². The first-order valence-electron chi connectivity index (χ1n) is 10.6. The fourth-order valence-corrected chi connectivity index (χ4v) is 3.73. The number of carbonyl (C=O) groups excluding carboxylic acids is 1. The Balaban J connectivity index is 1.58. The van der Waals surface area contributed by atoms with Gasteiger partial charge < -0.3 is 19.7 Å². The van der Waals surface area contributed by atoms with Crippen molar-refractivity contribution in [3.8, 4) is 5.75 Å². The Bertz CT molecular complexity index is 1150. The van der Waals surface area contributed by atoms with Gasteiger partial charge in [-0.15, -0.1) is 0 Å². The first kappa shape index (κ1) is 23.9. The Morgan fingerprint density at radius 3 is 2.44 bits per heavy atom. The first-order chi connectivity index (χ1) is 16.3. The van der Waals surface area contributed by atoms with Crippen LogP contribution in [-0.4, -0.2) is 32.2 Å². The SMILES string of the molecule is O=C(Nc1cc(C(F)(F)F)ccc1N1CCOCC1)c1ccccc1OCc1ccc(Cl)cc1. The van der Waals surface area contributed by atoms with Crippen LogP contribution in [0.5, 0.6) is 5.75 Å². The molecule has 34 heavy (non-hydrogen) atoms. The number of nitrogens with one attached hydrogen (secondary N) is 1. The normalized spacial score (nSPS) is 14.1. The fourth-order valence-electron chi connectivity index (χ4n) is 3.60. The summed E-state index contributed by atoms with van der Waals surface area (Å²) in [6, 6.07) is 17.0. The monoisotopic (exact) mass is 490 g/mol. The van der Waals surface area contributed by atoms with Crippen LogP contribution < -0.4 is 15.0 Å². The molecule has 1 heterocycles. The van der Waals surface area contributed by atoms with Crippen molar-refractivity contribution in [2.45, 2.75) is 12.8 Å². The van der Waals surface area contributed by atoms with Gasteiger partial charge in [-0.3, -0.25) is 4.79 Å². The van der Waals surface area contributed by atoms with E-state index in [0.717, 1.165) is 17.7 Å². The molecule has 1 saturated heterocycles. The second-order valence-corrected chi connectivity index (χ2v) is 8.13. The van der Waals surface area contributed by atoms with Crippen molar-refractivity contribution < 1.29 is 27.4 Å². The zero-order valence-electron chi connectivity index (χ0n) is 18.1. The number of hydrogen-bond donors (Lipinski definition) is 1. The molecular formula is C25H22ClF3N2O3. The van der Waals surface area contributed by atoms with E-state index in [0.29, 0.717) is 42.8 Å². The van der Waals surface area contributed by atoms with Crippen LogP contribution in [0, 0.1) is 0 Å². The van der Waals surface area contributed by atoms with Crippen LogP contribution in [0.15, 0.2) is 66.7 Å². The Kier molecular flexibility index (Phi) is 7.29. The summed E-state index contributed by atoms with van der Waals surface area (Å²) in [5.41, 5.74) is 0.805. The number of anilines is 2. The lowest BCUT2D eigenvalue weighted by molar-refractivity contribution is -0.137. The molecule has 178 valence electrons. The number of carbonyl (C=O) groups is 1. The molecule has 0 unspecified atom stereocenters. The summed E-state index contributed by atoms with van der Waals surface area (Å²) >= 11 is 5.91. The van der Waals surface area contributed by atoms with Gasteiger partial charge >= 0.3 is 6.18 Å². The lowest BCUT2D eigenvalue weighted by Crippen LogP contribution is -2.36. The fraction of sp³-hybridized carbons (Fsp3) is 0.240. The Morgan fingerprint density at radius 1 is 1.03 bits per heavy atom. The number of benzene rings is 3. The molecule has 0 atom stereocenters. The number of morpholine rings is 1. The highest BCUT2D eigenvalue weighted by Gasteiger charge is 2.32. The molecule has 0 bridgehead atoms. The zero-order valence-corrected chi connectivity index (χ0v) is 18.8. The summed E-state index contributed by atoms with van der Waals surface area (Å²) in [7, 11) is 0. The lowest BCUT2D eigenvalue weighted by Gasteiger charge is -2.31. The van der Waals surface area contributed by atoms with Crippen molar-refractivity contribution >= 4 is 28.9 Å². The number of para-hydroxylation sites is 1. The highest BCUT2D eigenvalue weighted by atomic mass is 35.5. The predicted molar refractivity (Wildman–Crippen MR) is 125 cm³/mol. The zero-order chi connectivity index (χ0) is 24.1. The molecule has 0 spiro atoms. The summed E-state index contributed by atoms with van der Waals surface area (Å²) < 4.78 is 51.3. The van der Waals surface area contributed by atoms with Crippen LogP contribution >= 0.6 is 11.6 Å². The van der Waals surface area contributed by atoms with Crippen molar-refractivity contribution in [2.75, 3.05) is 36.5 Å². The number of ether oxygens (including phenoxy) is 2. The Labute approximate surface area is 200 Å². The van der Waals surface area contributed by atoms with Gasteiger partial charge in [0.25, 0.3) is 5.91 Å². The second kappa shape index (κ2) is 10.4. The summed E-state index contributed by atoms with van der Waals surface area (Å²) in [6.07, 6.45) is -4.54. The highest BCUT2D eigenvalue weighted by molar-refractivity contribution is 6.30. The smallest absolute Gasteiger partial charge is 0.416 e. The summed E-state index contributed by atoms with van der Waals surface area (Å²) in [4.78, 5) is 15.0. The minimum absolute atomic E-state index is 0.0780. The van der Waals surface area contributed by atoms with Gasteiger partial charge in [0.2, 0.25) is 0 Å². The molecule has 5 nitrogen and oxygen atoms in total. The largest absolute Gasteiger partial charge is 0.488 e. The van der Waals surface area contributed by atoms with Crippen LogP contribution in [0.4, 0.5) is 24.5 Å². The third-order valence-electron chi connectivity index (χ3n) is 5.36. The van der Waals surface area contributed by atoms with Gasteiger partial charge in [-0.25, -0.2) is 0 Å². The van der Waals surface area contributed by atoms with Gasteiger partial charge in [-0.05, 0) is 48.0 Å². The van der Waals surface area contributed by atoms with Crippen LogP contribution in [0.3, 0.4) is 0 Å². The third-order valence-corrected chi connectivity index (χ3v) is 5.62. The van der Waals surface area contributed by atoms with E-state index in [1.165, 1.54) is 6.07 Å². The topological polar surface area (TPSA) is 50.8 Å². The number of amides is 1. The maximum atomic E-state index is 13.4. The molecule has 1 N–H and O–H groups in total. The average molecular weight is 491 g/mol. The van der Waals surface area contributed by atoms with E-state index in [-0.39, 0.29) is 17.9 Å². The van der Waals surface area contributed by atoms with Crippen LogP contribution in [0.2, 0.25) is 5.02 Å². The van der Waals surface area contributed by atoms with Gasteiger partial charge in [0.1, 0.15) is 12.4 Å². The standard InChI is InChI=1S/C25H22ClF3N2O3/c26-19-8-5-17(6-9-19)16-34-23-4-2-1-3-20(23)24(32)30-21-15-18(25(27,28)29)7-10-22(21)31-11-13-33-14-12-31/h1-10,15H,11-14,16H2,(H,30,32). The molecular weight excluding hydrogens is 469 g/mol. The molecule has 4 rings (SSSR count). The van der Waals surface area contributed by atoms with Gasteiger partial charge in [-0.2, -0.15) is 13.2 Å². The van der Waals surface area contributed by atoms with E-state index in [9.17, 15) is 18.0 Å². The van der Waals surface area contributed by atoms with Gasteiger partial charge in [0.05, 0.1) is 35.7 Å². The van der Waals surface area contributed by atoms with Crippen LogP contribution in [0.25, 0.3) is 0 Å². The molecule has 9 heteroatoms. The number of hydrogen-bond acceptors (Lipinski definition) is 4. The maximum absolute atomic E-state index is 13.4. The third kappa shape index (κ3) is 5.81. The maximum Gasteiger partial charge on any atom is 0.416 e. The van der Waals surface area contributed by atoms with Gasteiger partial charge in [0.15, 0.2) is 0 Å². The minimum Gasteiger partial charge on any atom is -0.488 e. The summed E-state index contributed by atoms with van der Waals surface area (Å²) in [5.74, 6) is -0.254. The number of alkyl halides is 3. The number of halogens is 4. The van der Waals surface area contributed by atoms with E-state index in [2.05, 4.69) is 5.32 Å². The molecule has 1 fully saturated rings. The molecule has 3 aromatic rings. The second-order valence-electron chi connectivity index (χ2n) is 7.69. The van der Waals surface area contributed by atoms with Gasteiger partial charge in [-0.1, -0.05) is 35.9 Å². The first-order valence-corrected chi connectivity index (χ1v) is 11.0. The van der Waals surface area contributed by atoms with E-state index < -0.39 is 17.6 Å². The highest BCUT2D eigenvalue weighted by Crippen LogP contribution is 2.36. The Hall–Kier alpha value is -3.23. The molecule has 1 amide bonds. The van der Waals surface area contributed by atoms with Crippen LogP contribution in [0.1, 0.15) is 21.5 Å². The molecule has 0 aromatic heterocycles. The molecule has 1 aliphatic heterocycles. The Morgan fingerprint density at radius 2 is 1.74 bits per heavy atom. The predicted octanol–water partition coefficient (Wildman–Crippen LogP) is 6.03. The number of nitrogens with zero attached hydrogens (tertiary/aromatic N) is 1.